The number of hydrogen-bond acceptors (Lipinski definition) is 3. The van der Waals surface area contributed by atoms with Crippen LogP contribution in [0.15, 0.2) is 67.1 Å². The zero-order valence-corrected chi connectivity index (χ0v) is 21.0. The average Bonchev–Trinajstić information content (AvgIpc) is 3.48. The van der Waals surface area contributed by atoms with Gasteiger partial charge in [-0.15, -0.1) is 0 Å². The van der Waals surface area contributed by atoms with Crippen LogP contribution in [0, 0.1) is 6.92 Å². The van der Waals surface area contributed by atoms with E-state index in [9.17, 15) is 4.79 Å². The Morgan fingerprint density at radius 1 is 1.14 bits per heavy atom. The normalized spacial score (nSPS) is 20.6. The van der Waals surface area contributed by atoms with Gasteiger partial charge in [0.15, 0.2) is 5.11 Å². The molecule has 7 heteroatoms. The summed E-state index contributed by atoms with van der Waals surface area (Å²) in [6.45, 7) is 2.55. The molecule has 2 N–H and O–H groups in total. The third-order valence-electron chi connectivity index (χ3n) is 7.15. The number of nitrogens with one attached hydrogen (secondary N) is 2. The van der Waals surface area contributed by atoms with Gasteiger partial charge >= 0.3 is 0 Å². The molecule has 0 unspecified atom stereocenters. The van der Waals surface area contributed by atoms with Crippen LogP contribution in [0.4, 0.5) is 5.69 Å². The number of carbonyl (C=O) groups is 1. The largest absolute Gasteiger partial charge is 0.352 e. The van der Waals surface area contributed by atoms with Crippen molar-refractivity contribution < 1.29 is 4.79 Å². The topological polar surface area (TPSA) is 62.2 Å². The van der Waals surface area contributed by atoms with E-state index in [1.54, 1.807) is 0 Å². The summed E-state index contributed by atoms with van der Waals surface area (Å²) in [6, 6.07) is 16.5. The lowest BCUT2D eigenvalue weighted by molar-refractivity contribution is -0.116. The van der Waals surface area contributed by atoms with Crippen molar-refractivity contribution in [3.05, 3.63) is 83.9 Å². The minimum Gasteiger partial charge on any atom is -0.352 e. The lowest BCUT2D eigenvalue weighted by Crippen LogP contribution is -2.32. The SMILES string of the molecule is Cc1cccc(NC(=O)CCN2C(=S)N[C@@H](c3ccccn3)[C@H]2c2ccn(C3CCCCC3)c2)c1. The Hall–Kier alpha value is -3.19. The molecule has 35 heavy (non-hydrogen) atoms. The summed E-state index contributed by atoms with van der Waals surface area (Å²) in [5.41, 5.74) is 4.10. The fourth-order valence-corrected chi connectivity index (χ4v) is 5.72. The molecule has 1 saturated carbocycles. The highest BCUT2D eigenvalue weighted by atomic mass is 32.1. The van der Waals surface area contributed by atoms with E-state index in [2.05, 4.69) is 43.5 Å². The summed E-state index contributed by atoms with van der Waals surface area (Å²) in [7, 11) is 0. The molecule has 3 aromatic rings. The van der Waals surface area contributed by atoms with Crippen molar-refractivity contribution in [1.82, 2.24) is 19.8 Å². The van der Waals surface area contributed by atoms with Crippen LogP contribution in [0.2, 0.25) is 0 Å². The predicted molar refractivity (Wildman–Crippen MR) is 143 cm³/mol. The Balaban J connectivity index is 1.35. The molecule has 1 saturated heterocycles. The van der Waals surface area contributed by atoms with Crippen molar-refractivity contribution in [2.75, 3.05) is 11.9 Å². The maximum absolute atomic E-state index is 12.8. The van der Waals surface area contributed by atoms with Gasteiger partial charge in [0.05, 0.1) is 17.8 Å². The minimum absolute atomic E-state index is 0.0155. The van der Waals surface area contributed by atoms with Crippen LogP contribution in [0.25, 0.3) is 0 Å². The Bertz CT molecular complexity index is 1170. The second-order valence-electron chi connectivity index (χ2n) is 9.67. The van der Waals surface area contributed by atoms with Crippen molar-refractivity contribution in [1.29, 1.82) is 0 Å². The highest BCUT2D eigenvalue weighted by Crippen LogP contribution is 2.39. The molecule has 0 spiro atoms. The standard InChI is InChI=1S/C28H33N5OS/c1-20-8-7-9-22(18-20)30-25(34)14-17-33-27(26(31-28(33)35)24-12-5-6-15-29-24)21-13-16-32(19-21)23-10-3-2-4-11-23/h5-9,12-13,15-16,18-19,23,26-27H,2-4,10-11,14,17H2,1H3,(H,30,34)(H,31,35)/t26-,27+/m0/s1. The lowest BCUT2D eigenvalue weighted by atomic mass is 9.95. The first kappa shape index (κ1) is 23.5. The number of benzene rings is 1. The van der Waals surface area contributed by atoms with Gasteiger partial charge in [-0.3, -0.25) is 9.78 Å². The van der Waals surface area contributed by atoms with E-state index in [0.717, 1.165) is 16.9 Å². The van der Waals surface area contributed by atoms with Gasteiger partial charge in [-0.25, -0.2) is 0 Å². The number of anilines is 1. The number of amides is 1. The Kier molecular flexibility index (Phi) is 7.13. The Morgan fingerprint density at radius 2 is 2.00 bits per heavy atom. The van der Waals surface area contributed by atoms with Gasteiger partial charge in [0, 0.05) is 43.3 Å². The first-order valence-electron chi connectivity index (χ1n) is 12.6. The van der Waals surface area contributed by atoms with Crippen molar-refractivity contribution >= 4 is 28.9 Å². The average molecular weight is 488 g/mol. The van der Waals surface area contributed by atoms with Crippen LogP contribution in [0.5, 0.6) is 0 Å². The second kappa shape index (κ2) is 10.6. The molecule has 1 aromatic carbocycles. The fraction of sp³-hybridized carbons (Fsp3) is 0.393. The van der Waals surface area contributed by atoms with Gasteiger partial charge in [-0.1, -0.05) is 37.5 Å². The molecule has 1 amide bonds. The van der Waals surface area contributed by atoms with Crippen LogP contribution in [0.1, 0.15) is 73.5 Å². The predicted octanol–water partition coefficient (Wildman–Crippen LogP) is 5.70. The van der Waals surface area contributed by atoms with Gasteiger partial charge in [0.25, 0.3) is 0 Å². The maximum atomic E-state index is 12.8. The summed E-state index contributed by atoms with van der Waals surface area (Å²) in [5, 5.41) is 7.18. The van der Waals surface area contributed by atoms with Gasteiger partial charge < -0.3 is 20.1 Å². The van der Waals surface area contributed by atoms with Crippen molar-refractivity contribution in [2.24, 2.45) is 0 Å². The minimum atomic E-state index is -0.0641. The summed E-state index contributed by atoms with van der Waals surface area (Å²) in [6.07, 6.45) is 13.1. The fourth-order valence-electron chi connectivity index (χ4n) is 5.39. The molecule has 3 heterocycles. The summed E-state index contributed by atoms with van der Waals surface area (Å²) < 4.78 is 2.38. The van der Waals surface area contributed by atoms with E-state index in [1.807, 2.05) is 55.6 Å². The van der Waals surface area contributed by atoms with E-state index in [1.165, 1.54) is 37.7 Å². The van der Waals surface area contributed by atoms with E-state index >= 15 is 0 Å². The van der Waals surface area contributed by atoms with E-state index in [0.29, 0.717) is 24.1 Å². The number of nitrogens with zero attached hydrogens (tertiary/aromatic N) is 3. The summed E-state index contributed by atoms with van der Waals surface area (Å²) >= 11 is 5.77. The lowest BCUT2D eigenvalue weighted by Gasteiger charge is -2.27. The number of hydrogen-bond donors (Lipinski definition) is 2. The van der Waals surface area contributed by atoms with Gasteiger partial charge in [0.1, 0.15) is 0 Å². The third kappa shape index (κ3) is 5.40. The van der Waals surface area contributed by atoms with Crippen LogP contribution in [-0.4, -0.2) is 32.0 Å². The van der Waals surface area contributed by atoms with E-state index in [-0.39, 0.29) is 18.0 Å². The molecule has 1 aliphatic carbocycles. The van der Waals surface area contributed by atoms with Gasteiger partial charge in [-0.05, 0) is 73.4 Å². The van der Waals surface area contributed by atoms with E-state index < -0.39 is 0 Å². The molecular weight excluding hydrogens is 454 g/mol. The van der Waals surface area contributed by atoms with Crippen molar-refractivity contribution in [3.63, 3.8) is 0 Å². The first-order valence-corrected chi connectivity index (χ1v) is 13.0. The molecular formula is C28H33N5OS. The number of carbonyl (C=O) groups excluding carboxylic acids is 1. The summed E-state index contributed by atoms with van der Waals surface area (Å²) in [4.78, 5) is 19.6. The molecule has 0 radical (unpaired) electrons. The highest BCUT2D eigenvalue weighted by Gasteiger charge is 2.40. The molecule has 2 atom stereocenters. The quantitative estimate of drug-likeness (QED) is 0.419. The molecule has 5 rings (SSSR count). The molecule has 182 valence electrons. The summed E-state index contributed by atoms with van der Waals surface area (Å²) in [5.74, 6) is -0.0155. The second-order valence-corrected chi connectivity index (χ2v) is 10.1. The molecule has 0 bridgehead atoms. The number of rotatable bonds is 7. The number of aromatic nitrogens is 2. The molecule has 2 aliphatic rings. The van der Waals surface area contributed by atoms with Crippen LogP contribution in [0.3, 0.4) is 0 Å². The molecule has 2 aromatic heterocycles. The third-order valence-corrected chi connectivity index (χ3v) is 7.51. The zero-order chi connectivity index (χ0) is 24.2. The first-order chi connectivity index (χ1) is 17.1. The number of aryl methyl sites for hydroxylation is 1. The van der Waals surface area contributed by atoms with Crippen LogP contribution >= 0.6 is 12.2 Å². The Labute approximate surface area is 212 Å². The Morgan fingerprint density at radius 3 is 2.77 bits per heavy atom. The van der Waals surface area contributed by atoms with E-state index in [4.69, 9.17) is 12.2 Å². The van der Waals surface area contributed by atoms with Crippen molar-refractivity contribution in [3.8, 4) is 0 Å². The number of thiocarbonyl (C=S) groups is 1. The molecule has 6 nitrogen and oxygen atoms in total. The van der Waals surface area contributed by atoms with Crippen molar-refractivity contribution in [2.45, 2.75) is 63.6 Å². The smallest absolute Gasteiger partial charge is 0.226 e. The highest BCUT2D eigenvalue weighted by molar-refractivity contribution is 7.80. The van der Waals surface area contributed by atoms with Crippen LogP contribution in [-0.2, 0) is 4.79 Å². The van der Waals surface area contributed by atoms with Gasteiger partial charge in [-0.2, -0.15) is 0 Å². The maximum Gasteiger partial charge on any atom is 0.226 e. The zero-order valence-electron chi connectivity index (χ0n) is 20.2. The molecule has 2 fully saturated rings. The van der Waals surface area contributed by atoms with Gasteiger partial charge in [0.2, 0.25) is 5.91 Å². The van der Waals surface area contributed by atoms with Crippen LogP contribution < -0.4 is 10.6 Å². The molecule has 1 aliphatic heterocycles. The monoisotopic (exact) mass is 487 g/mol. The number of pyridine rings is 1.